The van der Waals surface area contributed by atoms with Gasteiger partial charge in [-0.05, 0) is 81.6 Å². The van der Waals surface area contributed by atoms with Crippen LogP contribution >= 0.6 is 0 Å². The molecule has 1 atom stereocenters. The van der Waals surface area contributed by atoms with Crippen molar-refractivity contribution in [3.63, 3.8) is 0 Å². The molecule has 31 heavy (non-hydrogen) atoms. The largest absolute Gasteiger partial charge is 0.457 e. The molecule has 4 aliphatic heterocycles. The number of rotatable bonds is 4. The molecule has 1 aromatic carbocycles. The molecular formula is C25H32N2O4. The third-order valence-electron chi connectivity index (χ3n) is 8.06. The first-order valence-electron chi connectivity index (χ1n) is 11.6. The fourth-order valence-electron chi connectivity index (χ4n) is 5.79. The molecule has 4 aliphatic rings. The SMILES string of the molecule is Cc1c(CCN2CCC3(CC2)CCN(C2=CC(=O)OC2C)CC3)ccc2c1COC2=O. The van der Waals surface area contributed by atoms with Crippen molar-refractivity contribution in [3.05, 3.63) is 46.2 Å². The molecule has 0 bridgehead atoms. The normalized spacial score (nSPS) is 25.4. The monoisotopic (exact) mass is 424 g/mol. The Labute approximate surface area is 184 Å². The van der Waals surface area contributed by atoms with Crippen LogP contribution in [0.15, 0.2) is 23.9 Å². The van der Waals surface area contributed by atoms with Crippen molar-refractivity contribution < 1.29 is 19.1 Å². The summed E-state index contributed by atoms with van der Waals surface area (Å²) < 4.78 is 10.5. The van der Waals surface area contributed by atoms with Gasteiger partial charge in [-0.3, -0.25) is 0 Å². The molecular weight excluding hydrogens is 392 g/mol. The van der Waals surface area contributed by atoms with Crippen molar-refractivity contribution >= 4 is 11.9 Å². The molecule has 0 N–H and O–H groups in total. The summed E-state index contributed by atoms with van der Waals surface area (Å²) in [5, 5.41) is 0. The number of benzene rings is 1. The zero-order valence-corrected chi connectivity index (χ0v) is 18.6. The Kier molecular flexibility index (Phi) is 5.29. The van der Waals surface area contributed by atoms with E-state index >= 15 is 0 Å². The number of hydrogen-bond acceptors (Lipinski definition) is 6. The number of hydrogen-bond donors (Lipinski definition) is 0. The first-order chi connectivity index (χ1) is 14.9. The van der Waals surface area contributed by atoms with Crippen LogP contribution in [-0.2, 0) is 27.3 Å². The fourth-order valence-corrected chi connectivity index (χ4v) is 5.79. The van der Waals surface area contributed by atoms with Crippen LogP contribution in [0.25, 0.3) is 0 Å². The number of ether oxygens (including phenoxy) is 2. The zero-order chi connectivity index (χ0) is 21.6. The van der Waals surface area contributed by atoms with Gasteiger partial charge in [0, 0.05) is 31.3 Å². The number of piperidine rings is 2. The van der Waals surface area contributed by atoms with Crippen LogP contribution in [0.1, 0.15) is 59.7 Å². The van der Waals surface area contributed by atoms with Gasteiger partial charge >= 0.3 is 11.9 Å². The molecule has 166 valence electrons. The molecule has 1 aromatic rings. The van der Waals surface area contributed by atoms with Gasteiger partial charge in [0.25, 0.3) is 0 Å². The highest BCUT2D eigenvalue weighted by atomic mass is 16.5. The highest BCUT2D eigenvalue weighted by Gasteiger charge is 2.39. The molecule has 0 aliphatic carbocycles. The van der Waals surface area contributed by atoms with E-state index in [2.05, 4.69) is 22.8 Å². The summed E-state index contributed by atoms with van der Waals surface area (Å²) >= 11 is 0. The van der Waals surface area contributed by atoms with E-state index in [0.29, 0.717) is 12.0 Å². The lowest BCUT2D eigenvalue weighted by Gasteiger charge is -2.48. The van der Waals surface area contributed by atoms with Gasteiger partial charge in [-0.2, -0.15) is 0 Å². The van der Waals surface area contributed by atoms with Gasteiger partial charge in [-0.15, -0.1) is 0 Å². The van der Waals surface area contributed by atoms with E-state index in [4.69, 9.17) is 9.47 Å². The second kappa shape index (κ2) is 7.97. The van der Waals surface area contributed by atoms with E-state index in [-0.39, 0.29) is 18.0 Å². The maximum atomic E-state index is 11.7. The van der Waals surface area contributed by atoms with Gasteiger partial charge in [0.15, 0.2) is 0 Å². The topological polar surface area (TPSA) is 59.1 Å². The Morgan fingerprint density at radius 3 is 2.45 bits per heavy atom. The van der Waals surface area contributed by atoms with Gasteiger partial charge in [0.1, 0.15) is 12.7 Å². The Morgan fingerprint density at radius 2 is 1.77 bits per heavy atom. The van der Waals surface area contributed by atoms with E-state index in [1.165, 1.54) is 36.8 Å². The van der Waals surface area contributed by atoms with Gasteiger partial charge in [0.05, 0.1) is 11.3 Å². The lowest BCUT2D eigenvalue weighted by molar-refractivity contribution is -0.138. The molecule has 0 radical (unpaired) electrons. The highest BCUT2D eigenvalue weighted by Crippen LogP contribution is 2.42. The maximum absolute atomic E-state index is 11.7. The minimum atomic E-state index is -0.200. The maximum Gasteiger partial charge on any atom is 0.338 e. The van der Waals surface area contributed by atoms with Gasteiger partial charge in [-0.25, -0.2) is 9.59 Å². The first-order valence-corrected chi connectivity index (χ1v) is 11.6. The Balaban J connectivity index is 1.12. The second-order valence-electron chi connectivity index (χ2n) is 9.68. The predicted octanol–water partition coefficient (Wildman–Crippen LogP) is 3.22. The van der Waals surface area contributed by atoms with Crippen LogP contribution < -0.4 is 0 Å². The van der Waals surface area contributed by atoms with Crippen molar-refractivity contribution in [1.29, 1.82) is 0 Å². The van der Waals surface area contributed by atoms with Crippen LogP contribution in [0.3, 0.4) is 0 Å². The average molecular weight is 425 g/mol. The van der Waals surface area contributed by atoms with E-state index in [9.17, 15) is 9.59 Å². The standard InChI is InChI=1S/C25H32N2O4/c1-17-19(3-4-20-21(17)16-30-24(20)29)5-10-26-11-6-25(7-12-26)8-13-27(14-9-25)22-15-23(28)31-18(22)2/h3-4,15,18H,5-14,16H2,1-2H3. The summed E-state index contributed by atoms with van der Waals surface area (Å²) in [6.45, 7) is 9.96. The number of cyclic esters (lactones) is 2. The molecule has 4 heterocycles. The minimum absolute atomic E-state index is 0.101. The zero-order valence-electron chi connectivity index (χ0n) is 18.6. The van der Waals surface area contributed by atoms with E-state index < -0.39 is 0 Å². The van der Waals surface area contributed by atoms with Crippen LogP contribution in [0.2, 0.25) is 0 Å². The summed E-state index contributed by atoms with van der Waals surface area (Å²) in [5.41, 5.74) is 5.90. The third kappa shape index (κ3) is 3.86. The molecule has 0 saturated carbocycles. The van der Waals surface area contributed by atoms with Crippen molar-refractivity contribution in [2.24, 2.45) is 5.41 Å². The predicted molar refractivity (Wildman–Crippen MR) is 117 cm³/mol. The molecule has 2 fully saturated rings. The second-order valence-corrected chi connectivity index (χ2v) is 9.68. The lowest BCUT2D eigenvalue weighted by atomic mass is 9.71. The molecule has 1 spiro atoms. The summed E-state index contributed by atoms with van der Waals surface area (Å²) in [5.74, 6) is -0.386. The minimum Gasteiger partial charge on any atom is -0.457 e. The number of nitrogens with zero attached hydrogens (tertiary/aromatic N) is 2. The smallest absolute Gasteiger partial charge is 0.338 e. The number of esters is 2. The molecule has 6 heteroatoms. The average Bonchev–Trinajstić information content (AvgIpc) is 3.31. The molecule has 0 aromatic heterocycles. The highest BCUT2D eigenvalue weighted by molar-refractivity contribution is 5.93. The van der Waals surface area contributed by atoms with Gasteiger partial charge in [0.2, 0.25) is 0 Å². The van der Waals surface area contributed by atoms with Crippen molar-refractivity contribution in [2.75, 3.05) is 32.7 Å². The number of likely N-dealkylation sites (tertiary alicyclic amines) is 2. The number of carbonyl (C=O) groups excluding carboxylic acids is 2. The van der Waals surface area contributed by atoms with Gasteiger partial charge in [-0.1, -0.05) is 6.07 Å². The summed E-state index contributed by atoms with van der Waals surface area (Å²) in [6, 6.07) is 4.04. The molecule has 2 saturated heterocycles. The Bertz CT molecular complexity index is 920. The van der Waals surface area contributed by atoms with Crippen molar-refractivity contribution in [2.45, 2.75) is 58.7 Å². The molecule has 5 rings (SSSR count). The van der Waals surface area contributed by atoms with Crippen LogP contribution in [0.5, 0.6) is 0 Å². The molecule has 6 nitrogen and oxygen atoms in total. The third-order valence-corrected chi connectivity index (χ3v) is 8.06. The van der Waals surface area contributed by atoms with Crippen LogP contribution in [0, 0.1) is 12.3 Å². The van der Waals surface area contributed by atoms with Gasteiger partial charge < -0.3 is 19.3 Å². The summed E-state index contributed by atoms with van der Waals surface area (Å²) in [4.78, 5) is 28.2. The van der Waals surface area contributed by atoms with E-state index in [1.807, 2.05) is 13.0 Å². The van der Waals surface area contributed by atoms with Crippen LogP contribution in [0.4, 0.5) is 0 Å². The quantitative estimate of drug-likeness (QED) is 0.692. The Hall–Kier alpha value is -2.34. The molecule has 1 unspecified atom stereocenters. The Morgan fingerprint density at radius 1 is 1.06 bits per heavy atom. The fraction of sp³-hybridized carbons (Fsp3) is 0.600. The summed E-state index contributed by atoms with van der Waals surface area (Å²) in [6.07, 6.45) is 7.53. The van der Waals surface area contributed by atoms with Crippen molar-refractivity contribution in [1.82, 2.24) is 9.80 Å². The number of carbonyl (C=O) groups is 2. The van der Waals surface area contributed by atoms with Crippen molar-refractivity contribution in [3.8, 4) is 0 Å². The van der Waals surface area contributed by atoms with Crippen LogP contribution in [-0.4, -0.2) is 60.6 Å². The molecule has 0 amide bonds. The van der Waals surface area contributed by atoms with E-state index in [0.717, 1.165) is 56.0 Å². The summed E-state index contributed by atoms with van der Waals surface area (Å²) in [7, 11) is 0. The number of fused-ring (bicyclic) bond motifs is 1. The first kappa shape index (κ1) is 20.6. The van der Waals surface area contributed by atoms with E-state index in [1.54, 1.807) is 6.08 Å². The lowest BCUT2D eigenvalue weighted by Crippen LogP contribution is -2.47.